The Hall–Kier alpha value is -2.71. The first kappa shape index (κ1) is 21.6. The molecule has 0 saturated carbocycles. The van der Waals surface area contributed by atoms with Crippen LogP contribution in [0.2, 0.25) is 0 Å². The van der Waals surface area contributed by atoms with Gasteiger partial charge in [0.15, 0.2) is 11.5 Å². The largest absolute Gasteiger partial charge is 0.493 e. The summed E-state index contributed by atoms with van der Waals surface area (Å²) in [6, 6.07) is 6.95. The van der Waals surface area contributed by atoms with Gasteiger partial charge in [-0.2, -0.15) is 0 Å². The molecule has 0 amide bonds. The molecule has 1 heterocycles. The first-order valence-electron chi connectivity index (χ1n) is 9.00. The molecule has 0 bridgehead atoms. The maximum atomic E-state index is 11.6. The number of pyridine rings is 1. The Bertz CT molecular complexity index is 796. The van der Waals surface area contributed by atoms with Crippen molar-refractivity contribution < 1.29 is 14.4 Å². The maximum Gasteiger partial charge on any atom is 0.277 e. The molecule has 0 aliphatic rings. The van der Waals surface area contributed by atoms with Gasteiger partial charge in [0, 0.05) is 37.6 Å². The fourth-order valence-electron chi connectivity index (χ4n) is 3.03. The lowest BCUT2D eigenvalue weighted by Gasteiger charge is -2.32. The predicted octanol–water partition coefficient (Wildman–Crippen LogP) is 2.99. The molecule has 2 aromatic rings. The number of nitrogens with two attached hydrogens (primary N) is 1. The summed E-state index contributed by atoms with van der Waals surface area (Å²) in [5, 5.41) is 11.6. The van der Waals surface area contributed by atoms with E-state index in [4.69, 9.17) is 15.2 Å². The van der Waals surface area contributed by atoms with Crippen LogP contribution in [0.25, 0.3) is 0 Å². The predicted molar refractivity (Wildman–Crippen MR) is 107 cm³/mol. The van der Waals surface area contributed by atoms with Crippen molar-refractivity contribution in [2.45, 2.75) is 26.9 Å². The Labute approximate surface area is 165 Å². The van der Waals surface area contributed by atoms with E-state index >= 15 is 0 Å². The second-order valence-corrected chi connectivity index (χ2v) is 7.46. The molecule has 1 aromatic heterocycles. The van der Waals surface area contributed by atoms with E-state index in [1.54, 1.807) is 18.5 Å². The number of ether oxygens (including phenoxy) is 2. The molecule has 1 aromatic carbocycles. The number of methoxy groups -OCH3 is 2. The third-order valence-electron chi connectivity index (χ3n) is 4.54. The topological polar surface area (TPSA) is 104 Å². The molecule has 0 aliphatic heterocycles. The number of nitro benzene ring substituents is 1. The lowest BCUT2D eigenvalue weighted by atomic mass is 9.92. The zero-order chi connectivity index (χ0) is 20.7. The van der Waals surface area contributed by atoms with Crippen LogP contribution in [0.15, 0.2) is 36.7 Å². The third kappa shape index (κ3) is 5.64. The molecular weight excluding hydrogens is 360 g/mol. The first-order chi connectivity index (χ1) is 13.3. The average Bonchev–Trinajstić information content (AvgIpc) is 2.67. The molecule has 2 N–H and O–H groups in total. The van der Waals surface area contributed by atoms with Gasteiger partial charge in [-0.15, -0.1) is 0 Å². The van der Waals surface area contributed by atoms with Crippen molar-refractivity contribution in [1.82, 2.24) is 9.88 Å². The quantitative estimate of drug-likeness (QED) is 0.493. The molecule has 0 atom stereocenters. The summed E-state index contributed by atoms with van der Waals surface area (Å²) in [5.74, 6) is 0.797. The fraction of sp³-hybridized carbons (Fsp3) is 0.450. The minimum absolute atomic E-state index is 0.00272. The average molecular weight is 388 g/mol. The number of nitro groups is 1. The number of hydrogen-bond acceptors (Lipinski definition) is 7. The van der Waals surface area contributed by atoms with Gasteiger partial charge in [0.25, 0.3) is 5.69 Å². The first-order valence-corrected chi connectivity index (χ1v) is 9.00. The standard InChI is InChI=1S/C20H28N4O4/c1-20(2,13-21)14-23(11-15-5-7-22-8-6-15)12-16-9-18(27-3)19(28-4)10-17(16)24(25)26/h5-10H,11-14,21H2,1-4H3. The zero-order valence-corrected chi connectivity index (χ0v) is 16.8. The molecular formula is C20H28N4O4. The van der Waals surface area contributed by atoms with Gasteiger partial charge in [-0.25, -0.2) is 0 Å². The van der Waals surface area contributed by atoms with Crippen molar-refractivity contribution in [3.8, 4) is 11.5 Å². The molecule has 8 heteroatoms. The van der Waals surface area contributed by atoms with Crippen LogP contribution in [0.3, 0.4) is 0 Å². The number of rotatable bonds is 10. The van der Waals surface area contributed by atoms with Crippen molar-refractivity contribution in [3.05, 3.63) is 57.9 Å². The van der Waals surface area contributed by atoms with Crippen LogP contribution in [0, 0.1) is 15.5 Å². The van der Waals surface area contributed by atoms with Gasteiger partial charge in [0.05, 0.1) is 25.2 Å². The molecule has 28 heavy (non-hydrogen) atoms. The van der Waals surface area contributed by atoms with E-state index in [0.717, 1.165) is 5.56 Å². The Morgan fingerprint density at radius 3 is 2.29 bits per heavy atom. The summed E-state index contributed by atoms with van der Waals surface area (Å²) in [5.41, 5.74) is 7.42. The van der Waals surface area contributed by atoms with E-state index in [0.29, 0.717) is 43.2 Å². The highest BCUT2D eigenvalue weighted by Crippen LogP contribution is 2.35. The Kier molecular flexibility index (Phi) is 7.31. The van der Waals surface area contributed by atoms with Gasteiger partial charge < -0.3 is 15.2 Å². The summed E-state index contributed by atoms with van der Waals surface area (Å²) in [7, 11) is 2.97. The van der Waals surface area contributed by atoms with E-state index in [9.17, 15) is 10.1 Å². The van der Waals surface area contributed by atoms with Crippen molar-refractivity contribution in [3.63, 3.8) is 0 Å². The second kappa shape index (κ2) is 9.48. The highest BCUT2D eigenvalue weighted by Gasteiger charge is 2.25. The summed E-state index contributed by atoms with van der Waals surface area (Å²) >= 11 is 0. The van der Waals surface area contributed by atoms with Gasteiger partial charge in [-0.05, 0) is 35.7 Å². The van der Waals surface area contributed by atoms with Gasteiger partial charge in [0.2, 0.25) is 0 Å². The van der Waals surface area contributed by atoms with Crippen molar-refractivity contribution in [2.24, 2.45) is 11.1 Å². The van der Waals surface area contributed by atoms with Gasteiger partial charge in [0.1, 0.15) is 0 Å². The Morgan fingerprint density at radius 2 is 1.75 bits per heavy atom. The molecule has 0 saturated heterocycles. The van der Waals surface area contributed by atoms with E-state index in [-0.39, 0.29) is 11.1 Å². The monoisotopic (exact) mass is 388 g/mol. The van der Waals surface area contributed by atoms with E-state index < -0.39 is 4.92 Å². The zero-order valence-electron chi connectivity index (χ0n) is 16.8. The minimum Gasteiger partial charge on any atom is -0.493 e. The smallest absolute Gasteiger partial charge is 0.277 e. The van der Waals surface area contributed by atoms with E-state index in [1.807, 2.05) is 12.1 Å². The summed E-state index contributed by atoms with van der Waals surface area (Å²) in [6.45, 7) is 6.34. The molecule has 0 unspecified atom stereocenters. The fourth-order valence-corrected chi connectivity index (χ4v) is 3.03. The van der Waals surface area contributed by atoms with Crippen LogP contribution < -0.4 is 15.2 Å². The van der Waals surface area contributed by atoms with Gasteiger partial charge in [-0.1, -0.05) is 13.8 Å². The Balaban J connectivity index is 2.40. The van der Waals surface area contributed by atoms with Crippen molar-refractivity contribution in [2.75, 3.05) is 27.3 Å². The normalized spacial score (nSPS) is 11.5. The molecule has 0 spiro atoms. The molecule has 2 rings (SSSR count). The molecule has 0 fully saturated rings. The number of aromatic nitrogens is 1. The van der Waals surface area contributed by atoms with Crippen LogP contribution in [-0.4, -0.2) is 42.1 Å². The van der Waals surface area contributed by atoms with Crippen LogP contribution in [0.5, 0.6) is 11.5 Å². The lowest BCUT2D eigenvalue weighted by Crippen LogP contribution is -2.38. The highest BCUT2D eigenvalue weighted by atomic mass is 16.6. The molecule has 0 aliphatic carbocycles. The van der Waals surface area contributed by atoms with E-state index in [1.165, 1.54) is 20.3 Å². The minimum atomic E-state index is -0.393. The molecule has 8 nitrogen and oxygen atoms in total. The van der Waals surface area contributed by atoms with Crippen LogP contribution in [-0.2, 0) is 13.1 Å². The van der Waals surface area contributed by atoms with Crippen molar-refractivity contribution >= 4 is 5.69 Å². The van der Waals surface area contributed by atoms with E-state index in [2.05, 4.69) is 23.7 Å². The third-order valence-corrected chi connectivity index (χ3v) is 4.54. The SMILES string of the molecule is COc1cc(CN(Cc2ccncc2)CC(C)(C)CN)c([N+](=O)[O-])cc1OC. The summed E-state index contributed by atoms with van der Waals surface area (Å²) in [4.78, 5) is 17.4. The van der Waals surface area contributed by atoms with Gasteiger partial charge >= 0.3 is 0 Å². The summed E-state index contributed by atoms with van der Waals surface area (Å²) < 4.78 is 10.6. The number of hydrogen-bond donors (Lipinski definition) is 1. The van der Waals surface area contributed by atoms with Crippen LogP contribution in [0.1, 0.15) is 25.0 Å². The lowest BCUT2D eigenvalue weighted by molar-refractivity contribution is -0.385. The van der Waals surface area contributed by atoms with Crippen LogP contribution in [0.4, 0.5) is 5.69 Å². The number of benzene rings is 1. The van der Waals surface area contributed by atoms with Gasteiger partial charge in [-0.3, -0.25) is 20.0 Å². The second-order valence-electron chi connectivity index (χ2n) is 7.46. The number of nitrogens with zero attached hydrogens (tertiary/aromatic N) is 3. The van der Waals surface area contributed by atoms with Crippen LogP contribution >= 0.6 is 0 Å². The molecule has 0 radical (unpaired) electrons. The molecule has 152 valence electrons. The van der Waals surface area contributed by atoms with Crippen molar-refractivity contribution in [1.29, 1.82) is 0 Å². The summed E-state index contributed by atoms with van der Waals surface area (Å²) in [6.07, 6.45) is 3.47. The Morgan fingerprint density at radius 1 is 1.14 bits per heavy atom. The maximum absolute atomic E-state index is 11.6. The highest BCUT2D eigenvalue weighted by molar-refractivity contribution is 5.54.